The highest BCUT2D eigenvalue weighted by molar-refractivity contribution is 7.92. The van der Waals surface area contributed by atoms with Crippen LogP contribution in [0.4, 0.5) is 10.1 Å². The number of carbonyl (C=O) groups is 1. The molecule has 0 spiro atoms. The van der Waals surface area contributed by atoms with E-state index in [2.05, 4.69) is 5.32 Å². The second-order valence-corrected chi connectivity index (χ2v) is 8.36. The van der Waals surface area contributed by atoms with Crippen LogP contribution in [0, 0.1) is 5.82 Å². The largest absolute Gasteiger partial charge is 0.348 e. The van der Waals surface area contributed by atoms with Crippen LogP contribution in [0.25, 0.3) is 0 Å². The molecule has 150 valence electrons. The van der Waals surface area contributed by atoms with Crippen LogP contribution in [0.15, 0.2) is 89.8 Å². The van der Waals surface area contributed by atoms with Crippen LogP contribution in [0.1, 0.15) is 18.5 Å². The Morgan fingerprint density at radius 1 is 0.931 bits per heavy atom. The van der Waals surface area contributed by atoms with E-state index in [-0.39, 0.29) is 16.6 Å². The minimum Gasteiger partial charge on any atom is -0.348 e. The molecule has 1 atom stereocenters. The minimum atomic E-state index is -4.01. The van der Waals surface area contributed by atoms with E-state index in [9.17, 15) is 17.6 Å². The first-order valence-corrected chi connectivity index (χ1v) is 10.5. The molecule has 0 aliphatic heterocycles. The number of nitrogens with one attached hydrogen (secondary N) is 1. The molecule has 0 saturated heterocycles. The maximum absolute atomic E-state index is 13.3. The van der Waals surface area contributed by atoms with Gasteiger partial charge in [0.1, 0.15) is 12.4 Å². The van der Waals surface area contributed by atoms with Crippen molar-refractivity contribution >= 4 is 21.6 Å². The van der Waals surface area contributed by atoms with Gasteiger partial charge in [0.15, 0.2) is 0 Å². The molecule has 3 aromatic carbocycles. The van der Waals surface area contributed by atoms with E-state index in [1.807, 2.05) is 37.3 Å². The molecule has 0 saturated carbocycles. The Hall–Kier alpha value is -3.19. The van der Waals surface area contributed by atoms with E-state index in [1.54, 1.807) is 18.2 Å². The number of benzene rings is 3. The lowest BCUT2D eigenvalue weighted by molar-refractivity contribution is -0.120. The van der Waals surface area contributed by atoms with Crippen LogP contribution in [-0.2, 0) is 14.8 Å². The van der Waals surface area contributed by atoms with E-state index in [4.69, 9.17) is 0 Å². The lowest BCUT2D eigenvalue weighted by Crippen LogP contribution is -2.41. The van der Waals surface area contributed by atoms with Crippen molar-refractivity contribution < 1.29 is 17.6 Å². The van der Waals surface area contributed by atoms with Gasteiger partial charge in [-0.05, 0) is 48.9 Å². The third-order valence-electron chi connectivity index (χ3n) is 4.41. The van der Waals surface area contributed by atoms with Gasteiger partial charge in [-0.1, -0.05) is 48.5 Å². The molecule has 5 nitrogen and oxygen atoms in total. The van der Waals surface area contributed by atoms with Crippen molar-refractivity contribution in [2.45, 2.75) is 17.9 Å². The fourth-order valence-electron chi connectivity index (χ4n) is 2.88. The second-order valence-electron chi connectivity index (χ2n) is 6.50. The third-order valence-corrected chi connectivity index (χ3v) is 6.20. The quantitative estimate of drug-likeness (QED) is 0.640. The molecule has 0 heterocycles. The summed E-state index contributed by atoms with van der Waals surface area (Å²) < 4.78 is 40.6. The standard InChI is InChI=1S/C22H21FN2O3S/c1-17(18-8-4-2-5-9-18)24-22(26)16-25(20-14-12-19(23)13-15-20)29(27,28)21-10-6-3-7-11-21/h2-15,17H,16H2,1H3,(H,24,26)/t17-/m1/s1. The minimum absolute atomic E-state index is 0.0493. The summed E-state index contributed by atoms with van der Waals surface area (Å²) >= 11 is 0. The predicted octanol–water partition coefficient (Wildman–Crippen LogP) is 3.90. The van der Waals surface area contributed by atoms with Gasteiger partial charge in [-0.3, -0.25) is 9.10 Å². The summed E-state index contributed by atoms with van der Waals surface area (Å²) in [6, 6.07) is 21.9. The highest BCUT2D eigenvalue weighted by Gasteiger charge is 2.27. The zero-order chi connectivity index (χ0) is 20.9. The van der Waals surface area contributed by atoms with Crippen LogP contribution in [-0.4, -0.2) is 20.9 Å². The van der Waals surface area contributed by atoms with Gasteiger partial charge in [-0.15, -0.1) is 0 Å². The lowest BCUT2D eigenvalue weighted by Gasteiger charge is -2.25. The fraction of sp³-hybridized carbons (Fsp3) is 0.136. The maximum atomic E-state index is 13.3. The van der Waals surface area contributed by atoms with Crippen molar-refractivity contribution in [1.82, 2.24) is 5.32 Å². The van der Waals surface area contributed by atoms with Gasteiger partial charge in [-0.25, -0.2) is 12.8 Å². The zero-order valence-electron chi connectivity index (χ0n) is 15.8. The molecule has 0 fully saturated rings. The van der Waals surface area contributed by atoms with Crippen molar-refractivity contribution in [3.8, 4) is 0 Å². The summed E-state index contributed by atoms with van der Waals surface area (Å²) in [6.07, 6.45) is 0. The van der Waals surface area contributed by atoms with Gasteiger partial charge in [0.25, 0.3) is 10.0 Å². The predicted molar refractivity (Wildman–Crippen MR) is 110 cm³/mol. The Bertz CT molecular complexity index is 1060. The van der Waals surface area contributed by atoms with Gasteiger partial charge in [-0.2, -0.15) is 0 Å². The molecule has 0 bridgehead atoms. The number of carbonyl (C=O) groups excluding carboxylic acids is 1. The molecular weight excluding hydrogens is 391 g/mol. The Kier molecular flexibility index (Phi) is 6.29. The highest BCUT2D eigenvalue weighted by atomic mass is 32.2. The van der Waals surface area contributed by atoms with Crippen LogP contribution >= 0.6 is 0 Å². The summed E-state index contributed by atoms with van der Waals surface area (Å²) in [5.74, 6) is -0.960. The number of amides is 1. The second kappa shape index (κ2) is 8.87. The summed E-state index contributed by atoms with van der Waals surface area (Å²) in [5, 5.41) is 2.81. The first kappa shape index (κ1) is 20.5. The molecule has 29 heavy (non-hydrogen) atoms. The van der Waals surface area contributed by atoms with Gasteiger partial charge in [0.2, 0.25) is 5.91 Å². The SMILES string of the molecule is C[C@@H](NC(=O)CN(c1ccc(F)cc1)S(=O)(=O)c1ccccc1)c1ccccc1. The number of hydrogen-bond donors (Lipinski definition) is 1. The Morgan fingerprint density at radius 3 is 2.07 bits per heavy atom. The van der Waals surface area contributed by atoms with Crippen LogP contribution in [0.5, 0.6) is 0 Å². The molecule has 3 aromatic rings. The maximum Gasteiger partial charge on any atom is 0.264 e. The Morgan fingerprint density at radius 2 is 1.48 bits per heavy atom. The Balaban J connectivity index is 1.87. The molecule has 0 unspecified atom stereocenters. The Labute approximate surface area is 169 Å². The average molecular weight is 412 g/mol. The van der Waals surface area contributed by atoms with Crippen LogP contribution in [0.2, 0.25) is 0 Å². The molecule has 1 N–H and O–H groups in total. The molecule has 0 radical (unpaired) electrons. The molecule has 7 heteroatoms. The van der Waals surface area contributed by atoms with E-state index in [1.165, 1.54) is 24.3 Å². The lowest BCUT2D eigenvalue weighted by atomic mass is 10.1. The van der Waals surface area contributed by atoms with E-state index in [0.29, 0.717) is 0 Å². The summed E-state index contributed by atoms with van der Waals surface area (Å²) in [7, 11) is -4.01. The van der Waals surface area contributed by atoms with Crippen molar-refractivity contribution in [3.63, 3.8) is 0 Å². The van der Waals surface area contributed by atoms with Crippen molar-refractivity contribution in [1.29, 1.82) is 0 Å². The summed E-state index contributed by atoms with van der Waals surface area (Å²) in [6.45, 7) is 1.39. The topological polar surface area (TPSA) is 66.5 Å². The van der Waals surface area contributed by atoms with E-state index < -0.39 is 28.3 Å². The smallest absolute Gasteiger partial charge is 0.264 e. The molecule has 0 aliphatic rings. The number of anilines is 1. The first-order valence-electron chi connectivity index (χ1n) is 9.05. The summed E-state index contributed by atoms with van der Waals surface area (Å²) in [5.41, 5.74) is 1.11. The number of halogens is 1. The van der Waals surface area contributed by atoms with Crippen molar-refractivity contribution in [2.24, 2.45) is 0 Å². The monoisotopic (exact) mass is 412 g/mol. The fourth-order valence-corrected chi connectivity index (χ4v) is 4.33. The molecule has 1 amide bonds. The molecule has 0 aliphatic carbocycles. The van der Waals surface area contributed by atoms with Crippen LogP contribution < -0.4 is 9.62 Å². The average Bonchev–Trinajstić information content (AvgIpc) is 2.74. The van der Waals surface area contributed by atoms with Gasteiger partial charge < -0.3 is 5.32 Å². The summed E-state index contributed by atoms with van der Waals surface area (Å²) in [4.78, 5) is 12.7. The van der Waals surface area contributed by atoms with E-state index >= 15 is 0 Å². The molecule has 0 aromatic heterocycles. The number of rotatable bonds is 7. The molecule has 3 rings (SSSR count). The van der Waals surface area contributed by atoms with E-state index in [0.717, 1.165) is 22.0 Å². The van der Waals surface area contributed by atoms with Crippen LogP contribution in [0.3, 0.4) is 0 Å². The number of hydrogen-bond acceptors (Lipinski definition) is 3. The molecular formula is C22H21FN2O3S. The first-order chi connectivity index (χ1) is 13.9. The highest BCUT2D eigenvalue weighted by Crippen LogP contribution is 2.24. The number of sulfonamides is 1. The number of nitrogens with zero attached hydrogens (tertiary/aromatic N) is 1. The van der Waals surface area contributed by atoms with Crippen molar-refractivity contribution in [2.75, 3.05) is 10.8 Å². The van der Waals surface area contributed by atoms with Gasteiger partial charge >= 0.3 is 0 Å². The normalized spacial score (nSPS) is 12.2. The third kappa shape index (κ3) is 5.00. The van der Waals surface area contributed by atoms with Gasteiger partial charge in [0, 0.05) is 0 Å². The zero-order valence-corrected chi connectivity index (χ0v) is 16.6. The van der Waals surface area contributed by atoms with Crippen molar-refractivity contribution in [3.05, 3.63) is 96.3 Å². The van der Waals surface area contributed by atoms with Gasteiger partial charge in [0.05, 0.1) is 16.6 Å².